The Morgan fingerprint density at radius 3 is 1.62 bits per heavy atom. The van der Waals surface area contributed by atoms with E-state index in [0.29, 0.717) is 25.9 Å². The van der Waals surface area contributed by atoms with Crippen LogP contribution >= 0.6 is 0 Å². The Balaban J connectivity index is 3.26. The fraction of sp³-hybridized carbons (Fsp3) is 0.782. The van der Waals surface area contributed by atoms with Gasteiger partial charge >= 0.3 is 0 Å². The van der Waals surface area contributed by atoms with Crippen molar-refractivity contribution in [2.75, 3.05) is 26.7 Å². The maximum atomic E-state index is 14.2. The zero-order chi connectivity index (χ0) is 59.3. The molecule has 0 spiro atoms. The number of carbonyl (C=O) groups excluding carboxylic acids is 10. The number of aliphatic hydroxyl groups is 1. The van der Waals surface area contributed by atoms with Crippen molar-refractivity contribution in [1.82, 2.24) is 58.1 Å². The van der Waals surface area contributed by atoms with E-state index in [9.17, 15) is 53.1 Å². The van der Waals surface area contributed by atoms with Crippen molar-refractivity contribution in [2.24, 2.45) is 29.6 Å². The first-order chi connectivity index (χ1) is 35.5. The summed E-state index contributed by atoms with van der Waals surface area (Å²) in [5.41, 5.74) is -4.81. The first-order valence-corrected chi connectivity index (χ1v) is 27.6. The van der Waals surface area contributed by atoms with Crippen LogP contribution in [0.4, 0.5) is 0 Å². The van der Waals surface area contributed by atoms with Crippen molar-refractivity contribution in [3.8, 4) is 0 Å². The summed E-state index contributed by atoms with van der Waals surface area (Å²) in [5.74, 6) is -7.01. The van der Waals surface area contributed by atoms with E-state index in [0.717, 1.165) is 6.42 Å². The number of likely N-dealkylation sites (N-methyl/N-ethyl adjacent to an activating group) is 1. The topological polar surface area (TPSA) is 314 Å². The second-order valence-electron chi connectivity index (χ2n) is 24.0. The molecule has 440 valence electrons. The third-order valence-corrected chi connectivity index (χ3v) is 13.2. The molecule has 0 bridgehead atoms. The molecule has 0 saturated carbocycles. The van der Waals surface area contributed by atoms with Crippen molar-refractivity contribution in [2.45, 2.75) is 222 Å². The molecule has 77 heavy (non-hydrogen) atoms. The molecule has 0 aromatic heterocycles. The Labute approximate surface area is 458 Å². The van der Waals surface area contributed by atoms with Gasteiger partial charge in [0.1, 0.15) is 46.8 Å². The fourth-order valence-electron chi connectivity index (χ4n) is 8.32. The summed E-state index contributed by atoms with van der Waals surface area (Å²) in [6.07, 6.45) is 4.10. The summed E-state index contributed by atoms with van der Waals surface area (Å²) in [6.45, 7) is 29.7. The van der Waals surface area contributed by atoms with Crippen molar-refractivity contribution in [3.05, 3.63) is 12.2 Å². The van der Waals surface area contributed by atoms with Crippen molar-refractivity contribution >= 4 is 59.1 Å². The number of hydrogen-bond donors (Lipinski definition) is 11. The van der Waals surface area contributed by atoms with Gasteiger partial charge in [-0.1, -0.05) is 81.7 Å². The predicted molar refractivity (Wildman–Crippen MR) is 296 cm³/mol. The van der Waals surface area contributed by atoms with Crippen LogP contribution in [0.15, 0.2) is 12.2 Å². The van der Waals surface area contributed by atoms with Gasteiger partial charge in [0.15, 0.2) is 0 Å². The first-order valence-electron chi connectivity index (χ1n) is 27.6. The summed E-state index contributed by atoms with van der Waals surface area (Å²) >= 11 is 0. The summed E-state index contributed by atoms with van der Waals surface area (Å²) in [4.78, 5) is 138. The summed E-state index contributed by atoms with van der Waals surface area (Å²) in [5, 5.41) is 38.7. The fourth-order valence-corrected chi connectivity index (χ4v) is 8.32. The molecule has 1 fully saturated rings. The van der Waals surface area contributed by atoms with Crippen LogP contribution in [-0.4, -0.2) is 155 Å². The highest BCUT2D eigenvalue weighted by atomic mass is 16.3. The summed E-state index contributed by atoms with van der Waals surface area (Å²) < 4.78 is 0. The maximum Gasteiger partial charge on any atom is 0.246 e. The van der Waals surface area contributed by atoms with Gasteiger partial charge in [0.2, 0.25) is 59.1 Å². The van der Waals surface area contributed by atoms with Gasteiger partial charge in [-0.2, -0.15) is 0 Å². The molecule has 1 heterocycles. The molecular formula is C55H99N11O11. The molecule has 2 unspecified atom stereocenters. The van der Waals surface area contributed by atoms with Gasteiger partial charge < -0.3 is 63.2 Å². The molecule has 22 nitrogen and oxygen atoms in total. The Hall–Kier alpha value is -5.64. The number of hydrogen-bond acceptors (Lipinski definition) is 12. The number of aliphatic hydroxyl groups excluding tert-OH is 1. The molecule has 0 aromatic rings. The standard InChI is InChI=1S/C55H99N11O11/c1-19-35(10)22-23-42(68)66-26-20-21-40(66)48(73)60-37(27-31(2)3)46(71)62-43(44(69)34(8)9)49(74)64-54(14,15)51(76)61-38(28-32(4)5)45(70)59-39(29-33(6)7)47(72)63-55(16,17)52(77)65-53(12,13)50(75)57-25-24-41(67)58-36(11)30-56-18/h22-23,31-40,43-44,56,69H,19-21,24-30H2,1-18H3,(H,57,75)(H,58,67)(H,59,70)(H,60,73)(H,61,76)(H,62,71)(H,63,72)(H,64,74)(H,65,77)/b23-22+/t35?,36?,37-,38-,39-,40-,43-,44+/m0/s1. The molecule has 0 aliphatic carbocycles. The number of rotatable bonds is 32. The molecule has 8 atom stereocenters. The van der Waals surface area contributed by atoms with Crippen LogP contribution in [0.25, 0.3) is 0 Å². The maximum absolute atomic E-state index is 14.2. The van der Waals surface area contributed by atoms with E-state index in [1.807, 2.05) is 62.3 Å². The monoisotopic (exact) mass is 1090 g/mol. The van der Waals surface area contributed by atoms with E-state index in [4.69, 9.17) is 0 Å². The highest BCUT2D eigenvalue weighted by Gasteiger charge is 2.42. The lowest BCUT2D eigenvalue weighted by atomic mass is 9.95. The lowest BCUT2D eigenvalue weighted by Gasteiger charge is -2.34. The zero-order valence-electron chi connectivity index (χ0n) is 49.6. The first kappa shape index (κ1) is 69.4. The van der Waals surface area contributed by atoms with Crippen LogP contribution in [0.3, 0.4) is 0 Å². The molecule has 1 rings (SSSR count). The normalized spacial score (nSPS) is 16.9. The highest BCUT2D eigenvalue weighted by molar-refractivity contribution is 6.00. The van der Waals surface area contributed by atoms with Gasteiger partial charge in [-0.25, -0.2) is 0 Å². The molecule has 1 aliphatic heterocycles. The second kappa shape index (κ2) is 31.7. The van der Waals surface area contributed by atoms with Crippen molar-refractivity contribution < 1.29 is 53.1 Å². The number of likely N-dealkylation sites (tertiary alicyclic amines) is 1. The van der Waals surface area contributed by atoms with E-state index < -0.39 is 106 Å². The number of allylic oxidation sites excluding steroid dienone is 1. The van der Waals surface area contributed by atoms with Crippen LogP contribution in [0.5, 0.6) is 0 Å². The average Bonchev–Trinajstić information content (AvgIpc) is 3.81. The molecule has 0 radical (unpaired) electrons. The number of amides is 10. The van der Waals surface area contributed by atoms with Crippen LogP contribution < -0.4 is 53.2 Å². The number of carbonyl (C=O) groups is 10. The Kier molecular flexibility index (Phi) is 28.5. The quantitative estimate of drug-likeness (QED) is 0.0428. The highest BCUT2D eigenvalue weighted by Crippen LogP contribution is 2.21. The van der Waals surface area contributed by atoms with Crippen LogP contribution in [0.2, 0.25) is 0 Å². The summed E-state index contributed by atoms with van der Waals surface area (Å²) in [6, 6.07) is -6.08. The van der Waals surface area contributed by atoms with E-state index in [2.05, 4.69) is 53.2 Å². The largest absolute Gasteiger partial charge is 0.390 e. The van der Waals surface area contributed by atoms with Gasteiger partial charge in [0.25, 0.3) is 0 Å². The number of nitrogens with one attached hydrogen (secondary N) is 10. The van der Waals surface area contributed by atoms with E-state index in [-0.39, 0.29) is 73.8 Å². The molecule has 10 amide bonds. The van der Waals surface area contributed by atoms with Gasteiger partial charge in [0, 0.05) is 32.1 Å². The SMILES string of the molecule is CCC(C)/C=C/C(=O)N1CCC[C@H]1C(=O)N[C@@H](CC(C)C)C(=O)N[C@H](C(=O)NC(C)(C)C(=O)N[C@@H](CC(C)C)C(=O)N[C@@H](CC(C)C)C(=O)NC(C)(C)C(=O)NC(C)(C)C(=O)NCCC(=O)NC(C)CNC)[C@H](O)C(C)C. The molecule has 22 heteroatoms. The average molecular weight is 1090 g/mol. The minimum Gasteiger partial charge on any atom is -0.390 e. The molecule has 1 saturated heterocycles. The minimum absolute atomic E-state index is 0.0167. The van der Waals surface area contributed by atoms with Gasteiger partial charge in [-0.05, 0) is 123 Å². The van der Waals surface area contributed by atoms with E-state index in [1.165, 1.54) is 52.5 Å². The Morgan fingerprint density at radius 2 is 1.10 bits per heavy atom. The number of nitrogens with zero attached hydrogens (tertiary/aromatic N) is 1. The molecule has 0 aromatic carbocycles. The lowest BCUT2D eigenvalue weighted by molar-refractivity contribution is -0.140. The van der Waals surface area contributed by atoms with Crippen LogP contribution in [-0.2, 0) is 47.9 Å². The third-order valence-electron chi connectivity index (χ3n) is 13.2. The predicted octanol–water partition coefficient (Wildman–Crippen LogP) is 1.59. The molecule has 11 N–H and O–H groups in total. The second-order valence-corrected chi connectivity index (χ2v) is 24.0. The van der Waals surface area contributed by atoms with Crippen molar-refractivity contribution in [1.29, 1.82) is 0 Å². The van der Waals surface area contributed by atoms with E-state index >= 15 is 0 Å². The van der Waals surface area contributed by atoms with Gasteiger partial charge in [0.05, 0.1) is 6.10 Å². The lowest BCUT2D eigenvalue weighted by Crippen LogP contribution is -2.66. The molecular weight excluding hydrogens is 991 g/mol. The third kappa shape index (κ3) is 23.9. The van der Waals surface area contributed by atoms with Gasteiger partial charge in [-0.3, -0.25) is 47.9 Å². The van der Waals surface area contributed by atoms with E-state index in [1.54, 1.807) is 27.0 Å². The molecule has 1 aliphatic rings. The summed E-state index contributed by atoms with van der Waals surface area (Å²) in [7, 11) is 1.77. The Bertz CT molecular complexity index is 2050. The minimum atomic E-state index is -1.75. The smallest absolute Gasteiger partial charge is 0.246 e. The van der Waals surface area contributed by atoms with Crippen LogP contribution in [0.1, 0.15) is 163 Å². The van der Waals surface area contributed by atoms with Gasteiger partial charge in [-0.15, -0.1) is 0 Å². The van der Waals surface area contributed by atoms with Crippen LogP contribution in [0, 0.1) is 29.6 Å². The van der Waals surface area contributed by atoms with Crippen molar-refractivity contribution in [3.63, 3.8) is 0 Å². The Morgan fingerprint density at radius 1 is 0.610 bits per heavy atom. The zero-order valence-corrected chi connectivity index (χ0v) is 49.6.